The summed E-state index contributed by atoms with van der Waals surface area (Å²) in [6.45, 7) is 11.7. The Morgan fingerprint density at radius 2 is 2.05 bits per heavy atom. The van der Waals surface area contributed by atoms with Crippen LogP contribution in [0.3, 0.4) is 0 Å². The van der Waals surface area contributed by atoms with Gasteiger partial charge in [-0.3, -0.25) is 4.90 Å². The lowest BCUT2D eigenvalue weighted by Gasteiger charge is -2.34. The molecular formula is C18H30N2O. The number of morpholine rings is 1. The minimum Gasteiger partial charge on any atom is -0.376 e. The van der Waals surface area contributed by atoms with Gasteiger partial charge in [0.05, 0.1) is 12.7 Å². The number of rotatable bonds is 7. The Balaban J connectivity index is 2.01. The van der Waals surface area contributed by atoms with Crippen molar-refractivity contribution < 1.29 is 4.74 Å². The van der Waals surface area contributed by atoms with Crippen LogP contribution in [-0.2, 0) is 11.2 Å². The van der Waals surface area contributed by atoms with Crippen molar-refractivity contribution in [2.45, 2.75) is 45.8 Å². The lowest BCUT2D eigenvalue weighted by atomic mass is 10.0. The number of aryl methyl sites for hydroxylation is 1. The summed E-state index contributed by atoms with van der Waals surface area (Å²) in [4.78, 5) is 2.52. The highest BCUT2D eigenvalue weighted by molar-refractivity contribution is 5.25. The molecule has 1 aromatic carbocycles. The lowest BCUT2D eigenvalue weighted by Crippen LogP contribution is -2.45. The molecule has 2 rings (SSSR count). The van der Waals surface area contributed by atoms with E-state index in [4.69, 9.17) is 4.74 Å². The highest BCUT2D eigenvalue weighted by Crippen LogP contribution is 2.17. The van der Waals surface area contributed by atoms with Crippen LogP contribution < -0.4 is 5.32 Å². The van der Waals surface area contributed by atoms with Crippen LogP contribution in [0.5, 0.6) is 0 Å². The molecule has 1 heterocycles. The predicted octanol–water partition coefficient (Wildman–Crippen LogP) is 3.01. The lowest BCUT2D eigenvalue weighted by molar-refractivity contribution is -0.0211. The minimum atomic E-state index is 0.355. The Bertz CT molecular complexity index is 404. The van der Waals surface area contributed by atoms with Gasteiger partial charge in [-0.15, -0.1) is 0 Å². The maximum atomic E-state index is 5.64. The Hall–Kier alpha value is -0.900. The zero-order valence-electron chi connectivity index (χ0n) is 13.8. The first-order valence-electron chi connectivity index (χ1n) is 8.39. The van der Waals surface area contributed by atoms with Crippen molar-refractivity contribution in [3.8, 4) is 0 Å². The van der Waals surface area contributed by atoms with Crippen LogP contribution in [0.2, 0.25) is 0 Å². The third-order valence-corrected chi connectivity index (χ3v) is 4.20. The van der Waals surface area contributed by atoms with Gasteiger partial charge >= 0.3 is 0 Å². The molecule has 2 unspecified atom stereocenters. The second kappa shape index (κ2) is 8.52. The van der Waals surface area contributed by atoms with Gasteiger partial charge in [0.25, 0.3) is 0 Å². The molecule has 1 saturated heterocycles. The molecule has 0 bridgehead atoms. The zero-order chi connectivity index (χ0) is 15.1. The van der Waals surface area contributed by atoms with Gasteiger partial charge in [0.1, 0.15) is 0 Å². The highest BCUT2D eigenvalue weighted by Gasteiger charge is 2.20. The molecule has 21 heavy (non-hydrogen) atoms. The molecule has 1 N–H and O–H groups in total. The van der Waals surface area contributed by atoms with Gasteiger partial charge in [-0.25, -0.2) is 0 Å². The summed E-state index contributed by atoms with van der Waals surface area (Å²) < 4.78 is 5.64. The normalized spacial score (nSPS) is 21.4. The van der Waals surface area contributed by atoms with Crippen molar-refractivity contribution in [3.05, 3.63) is 35.4 Å². The number of ether oxygens (including phenoxy) is 1. The van der Waals surface area contributed by atoms with E-state index in [-0.39, 0.29) is 0 Å². The fraction of sp³-hybridized carbons (Fsp3) is 0.667. The van der Waals surface area contributed by atoms with E-state index >= 15 is 0 Å². The number of hydrogen-bond acceptors (Lipinski definition) is 3. The van der Waals surface area contributed by atoms with Crippen molar-refractivity contribution in [1.29, 1.82) is 0 Å². The van der Waals surface area contributed by atoms with Crippen LogP contribution >= 0.6 is 0 Å². The summed E-state index contributed by atoms with van der Waals surface area (Å²) in [5.41, 5.74) is 2.81. The van der Waals surface area contributed by atoms with E-state index in [1.54, 1.807) is 0 Å². The largest absolute Gasteiger partial charge is 0.376 e. The molecule has 0 aliphatic carbocycles. The van der Waals surface area contributed by atoms with Crippen LogP contribution in [0.15, 0.2) is 24.3 Å². The molecule has 0 spiro atoms. The van der Waals surface area contributed by atoms with Crippen molar-refractivity contribution in [2.75, 3.05) is 32.8 Å². The molecule has 0 aromatic heterocycles. The summed E-state index contributed by atoms with van der Waals surface area (Å²) in [5.74, 6) is 0. The fourth-order valence-corrected chi connectivity index (χ4v) is 2.91. The maximum Gasteiger partial charge on any atom is 0.0674 e. The van der Waals surface area contributed by atoms with E-state index in [0.29, 0.717) is 12.1 Å². The number of benzene rings is 1. The van der Waals surface area contributed by atoms with Crippen LogP contribution in [0.1, 0.15) is 44.4 Å². The summed E-state index contributed by atoms with van der Waals surface area (Å²) >= 11 is 0. The van der Waals surface area contributed by atoms with Gasteiger partial charge in [0, 0.05) is 25.7 Å². The monoisotopic (exact) mass is 290 g/mol. The second-order valence-electron chi connectivity index (χ2n) is 6.04. The van der Waals surface area contributed by atoms with Crippen LogP contribution in [0, 0.1) is 0 Å². The van der Waals surface area contributed by atoms with Crippen molar-refractivity contribution in [2.24, 2.45) is 0 Å². The maximum absolute atomic E-state index is 5.64. The Kier molecular flexibility index (Phi) is 6.68. The first-order valence-corrected chi connectivity index (χ1v) is 8.39. The summed E-state index contributed by atoms with van der Waals surface area (Å²) in [6, 6.07) is 9.52. The van der Waals surface area contributed by atoms with Crippen molar-refractivity contribution in [1.82, 2.24) is 10.2 Å². The Morgan fingerprint density at radius 1 is 1.29 bits per heavy atom. The summed E-state index contributed by atoms with van der Waals surface area (Å²) in [7, 11) is 0. The first-order chi connectivity index (χ1) is 10.2. The topological polar surface area (TPSA) is 24.5 Å². The Morgan fingerprint density at radius 3 is 2.67 bits per heavy atom. The molecule has 2 atom stereocenters. The third-order valence-electron chi connectivity index (χ3n) is 4.20. The van der Waals surface area contributed by atoms with Crippen LogP contribution in [-0.4, -0.2) is 43.8 Å². The van der Waals surface area contributed by atoms with Gasteiger partial charge < -0.3 is 10.1 Å². The van der Waals surface area contributed by atoms with Gasteiger partial charge in [0.15, 0.2) is 0 Å². The SMILES string of the molecule is CCCNC(CN1CCOC(C)C1)c1ccc(CC)cc1. The molecule has 1 aromatic rings. The smallest absolute Gasteiger partial charge is 0.0674 e. The fourth-order valence-electron chi connectivity index (χ4n) is 2.91. The summed E-state index contributed by atoms with van der Waals surface area (Å²) in [5, 5.41) is 3.70. The predicted molar refractivity (Wildman–Crippen MR) is 88.7 cm³/mol. The van der Waals surface area contributed by atoms with Crippen molar-refractivity contribution >= 4 is 0 Å². The van der Waals surface area contributed by atoms with E-state index in [2.05, 4.69) is 55.3 Å². The average Bonchev–Trinajstić information content (AvgIpc) is 2.51. The minimum absolute atomic E-state index is 0.355. The molecule has 0 amide bonds. The molecule has 3 heteroatoms. The summed E-state index contributed by atoms with van der Waals surface area (Å²) in [6.07, 6.45) is 2.63. The van der Waals surface area contributed by atoms with E-state index in [1.165, 1.54) is 17.5 Å². The van der Waals surface area contributed by atoms with Gasteiger partial charge in [-0.2, -0.15) is 0 Å². The van der Waals surface area contributed by atoms with E-state index in [1.807, 2.05) is 0 Å². The molecule has 1 fully saturated rings. The van der Waals surface area contributed by atoms with E-state index in [0.717, 1.165) is 39.2 Å². The molecule has 0 radical (unpaired) electrons. The molecule has 3 nitrogen and oxygen atoms in total. The third kappa shape index (κ3) is 5.10. The first kappa shape index (κ1) is 16.5. The average molecular weight is 290 g/mol. The van der Waals surface area contributed by atoms with E-state index < -0.39 is 0 Å². The van der Waals surface area contributed by atoms with E-state index in [9.17, 15) is 0 Å². The van der Waals surface area contributed by atoms with Gasteiger partial charge in [-0.05, 0) is 37.4 Å². The van der Waals surface area contributed by atoms with Crippen molar-refractivity contribution in [3.63, 3.8) is 0 Å². The van der Waals surface area contributed by atoms with Gasteiger partial charge in [0.2, 0.25) is 0 Å². The molecule has 118 valence electrons. The second-order valence-corrected chi connectivity index (χ2v) is 6.04. The van der Waals surface area contributed by atoms with Gasteiger partial charge in [-0.1, -0.05) is 38.1 Å². The number of nitrogens with one attached hydrogen (secondary N) is 1. The molecule has 1 aliphatic heterocycles. The number of nitrogens with zero attached hydrogens (tertiary/aromatic N) is 1. The Labute approximate surface area is 129 Å². The zero-order valence-corrected chi connectivity index (χ0v) is 13.8. The standard InChI is InChI=1S/C18H30N2O/c1-4-10-19-18(14-20-11-12-21-15(3)13-20)17-8-6-16(5-2)7-9-17/h6-9,15,18-19H,4-5,10-14H2,1-3H3. The number of hydrogen-bond donors (Lipinski definition) is 1. The highest BCUT2D eigenvalue weighted by atomic mass is 16.5. The molecular weight excluding hydrogens is 260 g/mol. The van der Waals surface area contributed by atoms with Crippen LogP contribution in [0.4, 0.5) is 0 Å². The van der Waals surface area contributed by atoms with Crippen LogP contribution in [0.25, 0.3) is 0 Å². The molecule has 1 aliphatic rings. The quantitative estimate of drug-likeness (QED) is 0.835. The molecule has 0 saturated carbocycles.